The molecule has 1 aromatic heterocycles. The number of hydrogen-bond donors (Lipinski definition) is 1. The van der Waals surface area contributed by atoms with Gasteiger partial charge in [0.2, 0.25) is 0 Å². The van der Waals surface area contributed by atoms with E-state index in [1.807, 2.05) is 36.6 Å². The van der Waals surface area contributed by atoms with Crippen LogP contribution in [0.4, 0.5) is 0 Å². The van der Waals surface area contributed by atoms with Gasteiger partial charge in [0.1, 0.15) is 5.01 Å². The Kier molecular flexibility index (Phi) is 3.01. The first-order valence-electron chi connectivity index (χ1n) is 4.88. The van der Waals surface area contributed by atoms with Crippen LogP contribution in [-0.2, 0) is 11.2 Å². The molecule has 0 saturated carbocycles. The van der Waals surface area contributed by atoms with Gasteiger partial charge in [-0.25, -0.2) is 4.98 Å². The van der Waals surface area contributed by atoms with Crippen LogP contribution in [0.2, 0.25) is 0 Å². The molecule has 0 aliphatic carbocycles. The van der Waals surface area contributed by atoms with E-state index in [1.54, 1.807) is 0 Å². The van der Waals surface area contributed by atoms with E-state index in [-0.39, 0.29) is 6.42 Å². The molecule has 2 aromatic rings. The smallest absolute Gasteiger partial charge is 0.310 e. The maximum absolute atomic E-state index is 10.5. The standard InChI is InChI=1S/C12H11NO2S/c1-8-2-4-9(5-3-8)10-7-16-11(13-10)6-12(14)15/h2-5,7H,6H2,1H3,(H,14,15). The van der Waals surface area contributed by atoms with Gasteiger partial charge in [-0.05, 0) is 6.92 Å². The van der Waals surface area contributed by atoms with Crippen molar-refractivity contribution in [2.45, 2.75) is 13.3 Å². The van der Waals surface area contributed by atoms with E-state index in [9.17, 15) is 4.79 Å². The molecule has 2 rings (SSSR count). The number of hydrogen-bond acceptors (Lipinski definition) is 3. The van der Waals surface area contributed by atoms with E-state index in [1.165, 1.54) is 16.9 Å². The summed E-state index contributed by atoms with van der Waals surface area (Å²) < 4.78 is 0. The van der Waals surface area contributed by atoms with Gasteiger partial charge < -0.3 is 5.11 Å². The molecule has 1 heterocycles. The highest BCUT2D eigenvalue weighted by molar-refractivity contribution is 7.10. The van der Waals surface area contributed by atoms with Crippen LogP contribution in [0.1, 0.15) is 10.6 Å². The zero-order valence-electron chi connectivity index (χ0n) is 8.80. The molecular formula is C12H11NO2S. The Morgan fingerprint density at radius 3 is 2.69 bits per heavy atom. The van der Waals surface area contributed by atoms with E-state index in [0.717, 1.165) is 11.3 Å². The topological polar surface area (TPSA) is 50.2 Å². The van der Waals surface area contributed by atoms with E-state index >= 15 is 0 Å². The van der Waals surface area contributed by atoms with Crippen molar-refractivity contribution in [2.75, 3.05) is 0 Å². The van der Waals surface area contributed by atoms with Gasteiger partial charge in [-0.2, -0.15) is 0 Å². The van der Waals surface area contributed by atoms with Crippen LogP contribution in [-0.4, -0.2) is 16.1 Å². The minimum Gasteiger partial charge on any atom is -0.481 e. The number of benzene rings is 1. The second-order valence-electron chi connectivity index (χ2n) is 3.56. The van der Waals surface area contributed by atoms with Crippen molar-refractivity contribution in [3.63, 3.8) is 0 Å². The molecule has 0 atom stereocenters. The Morgan fingerprint density at radius 2 is 2.06 bits per heavy atom. The van der Waals surface area contributed by atoms with Gasteiger partial charge in [0, 0.05) is 10.9 Å². The lowest BCUT2D eigenvalue weighted by molar-refractivity contribution is -0.136. The molecule has 3 nitrogen and oxygen atoms in total. The highest BCUT2D eigenvalue weighted by Crippen LogP contribution is 2.22. The molecule has 0 unspecified atom stereocenters. The summed E-state index contributed by atoms with van der Waals surface area (Å²) in [5.74, 6) is -0.843. The van der Waals surface area contributed by atoms with Crippen molar-refractivity contribution in [1.82, 2.24) is 4.98 Å². The summed E-state index contributed by atoms with van der Waals surface area (Å²) in [6, 6.07) is 8.03. The number of carboxylic acids is 1. The van der Waals surface area contributed by atoms with Crippen LogP contribution >= 0.6 is 11.3 Å². The number of aryl methyl sites for hydroxylation is 1. The minimum atomic E-state index is -0.843. The van der Waals surface area contributed by atoms with Crippen LogP contribution in [0.25, 0.3) is 11.3 Å². The average Bonchev–Trinajstić information content (AvgIpc) is 2.66. The molecule has 0 spiro atoms. The summed E-state index contributed by atoms with van der Waals surface area (Å²) in [5, 5.41) is 11.2. The van der Waals surface area contributed by atoms with Gasteiger partial charge in [0.15, 0.2) is 0 Å². The molecule has 4 heteroatoms. The minimum absolute atomic E-state index is 0.00344. The maximum Gasteiger partial charge on any atom is 0.310 e. The molecule has 0 aliphatic rings. The van der Waals surface area contributed by atoms with Crippen LogP contribution in [0, 0.1) is 6.92 Å². The lowest BCUT2D eigenvalue weighted by Crippen LogP contribution is -1.99. The molecule has 1 aromatic carbocycles. The third-order valence-corrected chi connectivity index (χ3v) is 3.05. The molecule has 0 amide bonds. The Balaban J connectivity index is 2.24. The van der Waals surface area contributed by atoms with Crippen molar-refractivity contribution in [2.24, 2.45) is 0 Å². The maximum atomic E-state index is 10.5. The molecule has 1 N–H and O–H groups in total. The van der Waals surface area contributed by atoms with Crippen LogP contribution in [0.3, 0.4) is 0 Å². The summed E-state index contributed by atoms with van der Waals surface area (Å²) in [6.45, 7) is 2.03. The molecule has 16 heavy (non-hydrogen) atoms. The van der Waals surface area contributed by atoms with Crippen molar-refractivity contribution < 1.29 is 9.90 Å². The van der Waals surface area contributed by atoms with Gasteiger partial charge in [0.05, 0.1) is 12.1 Å². The van der Waals surface area contributed by atoms with E-state index < -0.39 is 5.97 Å². The molecule has 0 aliphatic heterocycles. The van der Waals surface area contributed by atoms with Crippen LogP contribution < -0.4 is 0 Å². The molecule has 0 bridgehead atoms. The van der Waals surface area contributed by atoms with Crippen molar-refractivity contribution in [1.29, 1.82) is 0 Å². The quantitative estimate of drug-likeness (QED) is 0.886. The summed E-state index contributed by atoms with van der Waals surface area (Å²) in [5.41, 5.74) is 3.07. The zero-order chi connectivity index (χ0) is 11.5. The third-order valence-electron chi connectivity index (χ3n) is 2.20. The number of carboxylic acid groups (broad SMARTS) is 1. The van der Waals surface area contributed by atoms with E-state index in [0.29, 0.717) is 5.01 Å². The predicted molar refractivity (Wildman–Crippen MR) is 63.6 cm³/mol. The van der Waals surface area contributed by atoms with Gasteiger partial charge in [-0.3, -0.25) is 4.79 Å². The molecule has 0 fully saturated rings. The zero-order valence-corrected chi connectivity index (χ0v) is 9.62. The SMILES string of the molecule is Cc1ccc(-c2csc(CC(=O)O)n2)cc1. The fourth-order valence-electron chi connectivity index (χ4n) is 1.38. The summed E-state index contributed by atoms with van der Waals surface area (Å²) in [6.07, 6.45) is -0.00344. The predicted octanol–water partition coefficient (Wildman–Crippen LogP) is 2.75. The number of nitrogens with zero attached hydrogens (tertiary/aromatic N) is 1. The fraction of sp³-hybridized carbons (Fsp3) is 0.167. The van der Waals surface area contributed by atoms with Gasteiger partial charge in [-0.15, -0.1) is 11.3 Å². The monoisotopic (exact) mass is 233 g/mol. The number of aliphatic carboxylic acids is 1. The number of aromatic nitrogens is 1. The van der Waals surface area contributed by atoms with Crippen LogP contribution in [0.5, 0.6) is 0 Å². The lowest BCUT2D eigenvalue weighted by atomic mass is 10.1. The average molecular weight is 233 g/mol. The second-order valence-corrected chi connectivity index (χ2v) is 4.51. The van der Waals surface area contributed by atoms with E-state index in [2.05, 4.69) is 4.98 Å². The third kappa shape index (κ3) is 2.46. The Bertz CT molecular complexity index is 502. The van der Waals surface area contributed by atoms with E-state index in [4.69, 9.17) is 5.11 Å². The fourth-order valence-corrected chi connectivity index (χ4v) is 2.17. The lowest BCUT2D eigenvalue weighted by Gasteiger charge is -1.96. The molecule has 82 valence electrons. The first kappa shape index (κ1) is 10.8. The van der Waals surface area contributed by atoms with Crippen molar-refractivity contribution >= 4 is 17.3 Å². The first-order chi connectivity index (χ1) is 7.65. The number of carbonyl (C=O) groups is 1. The summed E-state index contributed by atoms with van der Waals surface area (Å²) in [4.78, 5) is 14.8. The Hall–Kier alpha value is -1.68. The highest BCUT2D eigenvalue weighted by atomic mass is 32.1. The molecule has 0 saturated heterocycles. The Labute approximate surface area is 97.4 Å². The number of thiazole rings is 1. The van der Waals surface area contributed by atoms with Crippen LogP contribution in [0.15, 0.2) is 29.6 Å². The second kappa shape index (κ2) is 4.45. The summed E-state index contributed by atoms with van der Waals surface area (Å²) in [7, 11) is 0. The number of rotatable bonds is 3. The van der Waals surface area contributed by atoms with Crippen molar-refractivity contribution in [3.05, 3.63) is 40.2 Å². The molecule has 0 radical (unpaired) electrons. The highest BCUT2D eigenvalue weighted by Gasteiger charge is 2.07. The van der Waals surface area contributed by atoms with Crippen molar-refractivity contribution in [3.8, 4) is 11.3 Å². The van der Waals surface area contributed by atoms with Gasteiger partial charge >= 0.3 is 5.97 Å². The molecular weight excluding hydrogens is 222 g/mol. The largest absolute Gasteiger partial charge is 0.481 e. The first-order valence-corrected chi connectivity index (χ1v) is 5.76. The summed E-state index contributed by atoms with van der Waals surface area (Å²) >= 11 is 1.38. The van der Waals surface area contributed by atoms with Gasteiger partial charge in [0.25, 0.3) is 0 Å². The normalized spacial score (nSPS) is 10.3. The van der Waals surface area contributed by atoms with Gasteiger partial charge in [-0.1, -0.05) is 29.8 Å². The Morgan fingerprint density at radius 1 is 1.38 bits per heavy atom.